The summed E-state index contributed by atoms with van der Waals surface area (Å²) in [6.45, 7) is 6.91. The molecule has 0 radical (unpaired) electrons. The molecule has 0 saturated heterocycles. The van der Waals surface area contributed by atoms with E-state index in [1.807, 2.05) is 6.92 Å². The Morgan fingerprint density at radius 3 is 2.57 bits per heavy atom. The summed E-state index contributed by atoms with van der Waals surface area (Å²) in [4.78, 5) is 4.30. The van der Waals surface area contributed by atoms with Gasteiger partial charge in [0.05, 0.1) is 5.92 Å². The number of aryl methyl sites for hydroxylation is 1. The van der Waals surface area contributed by atoms with E-state index in [1.165, 1.54) is 0 Å². The van der Waals surface area contributed by atoms with Crippen LogP contribution in [0.15, 0.2) is 4.52 Å². The van der Waals surface area contributed by atoms with E-state index in [-0.39, 0.29) is 5.92 Å². The van der Waals surface area contributed by atoms with Gasteiger partial charge in [-0.15, -0.1) is 0 Å². The Bertz CT molecular complexity index is 270. The van der Waals surface area contributed by atoms with Crippen molar-refractivity contribution in [2.45, 2.75) is 39.5 Å². The van der Waals surface area contributed by atoms with E-state index < -0.39 is 0 Å². The average molecular weight is 197 g/mol. The minimum atomic E-state index is 0.211. The molecule has 80 valence electrons. The van der Waals surface area contributed by atoms with Crippen molar-refractivity contribution in [2.75, 3.05) is 6.54 Å². The Morgan fingerprint density at radius 1 is 1.43 bits per heavy atom. The summed E-state index contributed by atoms with van der Waals surface area (Å²) >= 11 is 0. The van der Waals surface area contributed by atoms with Crippen molar-refractivity contribution < 1.29 is 4.52 Å². The van der Waals surface area contributed by atoms with Gasteiger partial charge in [0.15, 0.2) is 5.82 Å². The highest BCUT2D eigenvalue weighted by molar-refractivity contribution is 4.94. The minimum Gasteiger partial charge on any atom is -0.339 e. The highest BCUT2D eigenvalue weighted by Gasteiger charge is 2.18. The lowest BCUT2D eigenvalue weighted by Crippen LogP contribution is -2.15. The Morgan fingerprint density at radius 2 is 2.14 bits per heavy atom. The molecule has 2 N–H and O–H groups in total. The zero-order chi connectivity index (χ0) is 10.6. The molecule has 14 heavy (non-hydrogen) atoms. The van der Waals surface area contributed by atoms with Crippen LogP contribution in [0.2, 0.25) is 0 Å². The number of nitrogens with zero attached hydrogens (tertiary/aromatic N) is 2. The molecule has 0 saturated carbocycles. The number of nitrogens with two attached hydrogens (primary N) is 1. The largest absolute Gasteiger partial charge is 0.339 e. The van der Waals surface area contributed by atoms with Crippen molar-refractivity contribution in [3.63, 3.8) is 0 Å². The fraction of sp³-hybridized carbons (Fsp3) is 0.800. The van der Waals surface area contributed by atoms with E-state index in [0.717, 1.165) is 18.7 Å². The van der Waals surface area contributed by atoms with E-state index in [4.69, 9.17) is 10.3 Å². The number of hydrogen-bond donors (Lipinski definition) is 1. The summed E-state index contributed by atoms with van der Waals surface area (Å²) < 4.78 is 5.17. The molecule has 1 aromatic rings. The summed E-state index contributed by atoms with van der Waals surface area (Å²) in [5.74, 6) is 2.27. The van der Waals surface area contributed by atoms with Crippen LogP contribution in [0.25, 0.3) is 0 Å². The third kappa shape index (κ3) is 2.80. The van der Waals surface area contributed by atoms with E-state index in [0.29, 0.717) is 18.4 Å². The highest BCUT2D eigenvalue weighted by atomic mass is 16.5. The lowest BCUT2D eigenvalue weighted by molar-refractivity contribution is 0.332. The maximum Gasteiger partial charge on any atom is 0.231 e. The van der Waals surface area contributed by atoms with Gasteiger partial charge in [-0.25, -0.2) is 0 Å². The van der Waals surface area contributed by atoms with E-state index in [2.05, 4.69) is 24.0 Å². The van der Waals surface area contributed by atoms with Crippen LogP contribution in [0, 0.1) is 5.92 Å². The molecule has 1 rings (SSSR count). The smallest absolute Gasteiger partial charge is 0.231 e. The van der Waals surface area contributed by atoms with Crippen molar-refractivity contribution in [3.05, 3.63) is 11.7 Å². The third-order valence-electron chi connectivity index (χ3n) is 2.19. The van der Waals surface area contributed by atoms with Gasteiger partial charge in [-0.1, -0.05) is 25.9 Å². The first-order valence-electron chi connectivity index (χ1n) is 5.19. The van der Waals surface area contributed by atoms with Crippen molar-refractivity contribution in [1.82, 2.24) is 10.1 Å². The predicted molar refractivity (Wildman–Crippen MR) is 54.9 cm³/mol. The maximum absolute atomic E-state index is 5.68. The van der Waals surface area contributed by atoms with Crippen LogP contribution in [-0.4, -0.2) is 16.7 Å². The molecule has 1 heterocycles. The molecule has 4 heteroatoms. The highest BCUT2D eigenvalue weighted by Crippen LogP contribution is 2.21. The standard InChI is InChI=1S/C10H19N3O/c1-4-9-12-10(14-13-9)8(6-11)5-7(2)3/h7-8H,4-6,11H2,1-3H3. The van der Waals surface area contributed by atoms with Crippen LogP contribution in [0.4, 0.5) is 0 Å². The normalized spacial score (nSPS) is 13.5. The van der Waals surface area contributed by atoms with Crippen molar-refractivity contribution in [3.8, 4) is 0 Å². The van der Waals surface area contributed by atoms with Gasteiger partial charge in [-0.05, 0) is 12.3 Å². The van der Waals surface area contributed by atoms with Crippen molar-refractivity contribution >= 4 is 0 Å². The lowest BCUT2D eigenvalue weighted by atomic mass is 9.97. The van der Waals surface area contributed by atoms with Gasteiger partial charge in [0.1, 0.15) is 0 Å². The van der Waals surface area contributed by atoms with Crippen LogP contribution >= 0.6 is 0 Å². The van der Waals surface area contributed by atoms with Crippen molar-refractivity contribution in [2.24, 2.45) is 11.7 Å². The summed E-state index contributed by atoms with van der Waals surface area (Å²) in [7, 11) is 0. The maximum atomic E-state index is 5.68. The minimum absolute atomic E-state index is 0.211. The second-order valence-electron chi connectivity index (χ2n) is 3.96. The topological polar surface area (TPSA) is 64.9 Å². The molecule has 0 aliphatic heterocycles. The van der Waals surface area contributed by atoms with Gasteiger partial charge in [0.25, 0.3) is 0 Å². The van der Waals surface area contributed by atoms with Gasteiger partial charge >= 0.3 is 0 Å². The first-order valence-corrected chi connectivity index (χ1v) is 5.19. The first kappa shape index (κ1) is 11.2. The van der Waals surface area contributed by atoms with E-state index in [1.54, 1.807) is 0 Å². The SMILES string of the molecule is CCc1noc(C(CN)CC(C)C)n1. The second kappa shape index (κ2) is 5.10. The van der Waals surface area contributed by atoms with Gasteiger partial charge in [-0.3, -0.25) is 0 Å². The summed E-state index contributed by atoms with van der Waals surface area (Å²) in [6.07, 6.45) is 1.81. The Kier molecular flexibility index (Phi) is 4.07. The quantitative estimate of drug-likeness (QED) is 0.780. The third-order valence-corrected chi connectivity index (χ3v) is 2.19. The van der Waals surface area contributed by atoms with Crippen LogP contribution in [0.1, 0.15) is 44.8 Å². The lowest BCUT2D eigenvalue weighted by Gasteiger charge is -2.11. The number of hydrogen-bond acceptors (Lipinski definition) is 4. The molecule has 0 amide bonds. The van der Waals surface area contributed by atoms with Gasteiger partial charge in [-0.2, -0.15) is 4.98 Å². The molecule has 1 atom stereocenters. The molecule has 1 aromatic heterocycles. The second-order valence-corrected chi connectivity index (χ2v) is 3.96. The number of aromatic nitrogens is 2. The zero-order valence-electron chi connectivity index (χ0n) is 9.16. The predicted octanol–water partition coefficient (Wildman–Crippen LogP) is 1.72. The van der Waals surface area contributed by atoms with E-state index >= 15 is 0 Å². The Labute approximate surface area is 84.9 Å². The monoisotopic (exact) mass is 197 g/mol. The summed E-state index contributed by atoms with van der Waals surface area (Å²) in [5, 5.41) is 3.87. The van der Waals surface area contributed by atoms with Crippen LogP contribution in [0.5, 0.6) is 0 Å². The van der Waals surface area contributed by atoms with Gasteiger partial charge in [0, 0.05) is 13.0 Å². The molecular weight excluding hydrogens is 178 g/mol. The molecule has 0 aliphatic rings. The van der Waals surface area contributed by atoms with Crippen molar-refractivity contribution in [1.29, 1.82) is 0 Å². The molecule has 0 aliphatic carbocycles. The fourth-order valence-electron chi connectivity index (χ4n) is 1.44. The Hall–Kier alpha value is -0.900. The fourth-order valence-corrected chi connectivity index (χ4v) is 1.44. The summed E-state index contributed by atoms with van der Waals surface area (Å²) in [5.41, 5.74) is 5.68. The Balaban J connectivity index is 2.68. The molecule has 1 unspecified atom stereocenters. The summed E-state index contributed by atoms with van der Waals surface area (Å²) in [6, 6.07) is 0. The molecule has 0 aromatic carbocycles. The first-order chi connectivity index (χ1) is 6.67. The molecule has 0 spiro atoms. The molecular formula is C10H19N3O. The molecule has 4 nitrogen and oxygen atoms in total. The van der Waals surface area contributed by atoms with Crippen LogP contribution < -0.4 is 5.73 Å². The molecule has 0 bridgehead atoms. The molecule has 0 fully saturated rings. The average Bonchev–Trinajstić information content (AvgIpc) is 2.62. The van der Waals surface area contributed by atoms with Gasteiger partial charge < -0.3 is 10.3 Å². The number of rotatable bonds is 5. The zero-order valence-corrected chi connectivity index (χ0v) is 9.16. The van der Waals surface area contributed by atoms with Crippen LogP contribution in [-0.2, 0) is 6.42 Å². The van der Waals surface area contributed by atoms with E-state index in [9.17, 15) is 0 Å². The van der Waals surface area contributed by atoms with Gasteiger partial charge in [0.2, 0.25) is 5.89 Å². The van der Waals surface area contributed by atoms with Crippen LogP contribution in [0.3, 0.4) is 0 Å².